The third-order valence-corrected chi connectivity index (χ3v) is 4.14. The van der Waals surface area contributed by atoms with Gasteiger partial charge in [0, 0.05) is 38.4 Å². The Hall–Kier alpha value is -0.830. The van der Waals surface area contributed by atoms with Crippen LogP contribution in [0.3, 0.4) is 0 Å². The molecule has 6 nitrogen and oxygen atoms in total. The van der Waals surface area contributed by atoms with E-state index in [-0.39, 0.29) is 30.1 Å². The molecule has 0 spiro atoms. The van der Waals surface area contributed by atoms with E-state index >= 15 is 0 Å². The third kappa shape index (κ3) is 7.52. The SMILES string of the molecule is CCNC(=NCCCC(C)(C)C)N1CCOC(c2cnn(C)c2)C1.I. The second-order valence-electron chi connectivity index (χ2n) is 7.65. The molecule has 0 bridgehead atoms. The number of hydrogen-bond donors (Lipinski definition) is 1. The lowest BCUT2D eigenvalue weighted by Crippen LogP contribution is -2.48. The molecule has 1 aliphatic rings. The first kappa shape index (κ1) is 22.2. The second-order valence-corrected chi connectivity index (χ2v) is 7.65. The number of aromatic nitrogens is 2. The van der Waals surface area contributed by atoms with E-state index in [2.05, 4.69) is 43.0 Å². The predicted molar refractivity (Wildman–Crippen MR) is 114 cm³/mol. The fourth-order valence-corrected chi connectivity index (χ4v) is 2.87. The van der Waals surface area contributed by atoms with Gasteiger partial charge in [-0.2, -0.15) is 5.10 Å². The van der Waals surface area contributed by atoms with Crippen LogP contribution in [0.1, 0.15) is 52.2 Å². The topological polar surface area (TPSA) is 54.7 Å². The smallest absolute Gasteiger partial charge is 0.194 e. The van der Waals surface area contributed by atoms with Crippen LogP contribution in [-0.2, 0) is 11.8 Å². The van der Waals surface area contributed by atoms with Crippen LogP contribution in [-0.4, -0.2) is 53.4 Å². The lowest BCUT2D eigenvalue weighted by atomic mass is 9.91. The van der Waals surface area contributed by atoms with Gasteiger partial charge in [0.1, 0.15) is 6.10 Å². The van der Waals surface area contributed by atoms with Crippen LogP contribution >= 0.6 is 24.0 Å². The summed E-state index contributed by atoms with van der Waals surface area (Å²) in [4.78, 5) is 7.14. The maximum atomic E-state index is 5.93. The normalized spacial score (nSPS) is 18.8. The van der Waals surface area contributed by atoms with Crippen LogP contribution in [0.25, 0.3) is 0 Å². The maximum Gasteiger partial charge on any atom is 0.194 e. The number of halogens is 1. The molecule has 1 N–H and O–H groups in total. The molecule has 1 unspecified atom stereocenters. The van der Waals surface area contributed by atoms with Gasteiger partial charge in [-0.05, 0) is 25.2 Å². The number of morpholine rings is 1. The Morgan fingerprint density at radius 3 is 2.80 bits per heavy atom. The Labute approximate surface area is 169 Å². The summed E-state index contributed by atoms with van der Waals surface area (Å²) >= 11 is 0. The molecule has 1 atom stereocenters. The van der Waals surface area contributed by atoms with Crippen molar-refractivity contribution in [1.82, 2.24) is 20.0 Å². The summed E-state index contributed by atoms with van der Waals surface area (Å²) in [5.74, 6) is 1.00. The first-order chi connectivity index (χ1) is 11.4. The Kier molecular flexibility index (Phi) is 9.20. The van der Waals surface area contributed by atoms with E-state index in [1.165, 1.54) is 6.42 Å². The molecule has 1 aromatic rings. The summed E-state index contributed by atoms with van der Waals surface area (Å²) in [6, 6.07) is 0. The number of nitrogens with zero attached hydrogens (tertiary/aromatic N) is 4. The van der Waals surface area contributed by atoms with E-state index in [9.17, 15) is 0 Å². The zero-order chi connectivity index (χ0) is 17.6. The van der Waals surface area contributed by atoms with Gasteiger partial charge in [-0.1, -0.05) is 20.8 Å². The van der Waals surface area contributed by atoms with Crippen molar-refractivity contribution in [2.45, 2.75) is 46.6 Å². The number of hydrogen-bond acceptors (Lipinski definition) is 3. The predicted octanol–water partition coefficient (Wildman–Crippen LogP) is 3.20. The van der Waals surface area contributed by atoms with E-state index in [4.69, 9.17) is 9.73 Å². The third-order valence-electron chi connectivity index (χ3n) is 4.14. The van der Waals surface area contributed by atoms with E-state index < -0.39 is 0 Å². The van der Waals surface area contributed by atoms with E-state index in [1.807, 2.05) is 24.1 Å². The molecule has 1 fully saturated rings. The first-order valence-electron chi connectivity index (χ1n) is 9.02. The van der Waals surface area contributed by atoms with Gasteiger partial charge in [0.25, 0.3) is 0 Å². The van der Waals surface area contributed by atoms with Crippen molar-refractivity contribution >= 4 is 29.9 Å². The minimum atomic E-state index is 0. The Balaban J connectivity index is 0.00000312. The van der Waals surface area contributed by atoms with Gasteiger partial charge in [0.15, 0.2) is 5.96 Å². The summed E-state index contributed by atoms with van der Waals surface area (Å²) in [5.41, 5.74) is 1.50. The number of guanidine groups is 1. The highest BCUT2D eigenvalue weighted by molar-refractivity contribution is 14.0. The van der Waals surface area contributed by atoms with Gasteiger partial charge in [0.2, 0.25) is 0 Å². The van der Waals surface area contributed by atoms with Crippen LogP contribution in [0.2, 0.25) is 0 Å². The van der Waals surface area contributed by atoms with Crippen LogP contribution in [0.5, 0.6) is 0 Å². The van der Waals surface area contributed by atoms with Crippen molar-refractivity contribution in [2.24, 2.45) is 17.5 Å². The van der Waals surface area contributed by atoms with Crippen molar-refractivity contribution in [3.63, 3.8) is 0 Å². The molecule has 1 aromatic heterocycles. The molecular weight excluding hydrogens is 429 g/mol. The molecule has 2 rings (SSSR count). The second kappa shape index (κ2) is 10.4. The Morgan fingerprint density at radius 1 is 1.44 bits per heavy atom. The maximum absolute atomic E-state index is 5.93. The standard InChI is InChI=1S/C18H33N5O.HI/c1-6-19-17(20-9-7-8-18(2,3)4)23-10-11-24-16(14-23)15-12-21-22(5)13-15;/h12-13,16H,6-11,14H2,1-5H3,(H,19,20);1H. The van der Waals surface area contributed by atoms with Crippen LogP contribution in [0.15, 0.2) is 17.4 Å². The van der Waals surface area contributed by atoms with Crippen LogP contribution < -0.4 is 5.32 Å². The van der Waals surface area contributed by atoms with Gasteiger partial charge in [0.05, 0.1) is 19.3 Å². The number of aryl methyl sites for hydroxylation is 1. The summed E-state index contributed by atoms with van der Waals surface area (Å²) < 4.78 is 7.75. The lowest BCUT2D eigenvalue weighted by Gasteiger charge is -2.34. The van der Waals surface area contributed by atoms with Gasteiger partial charge in [-0.3, -0.25) is 9.67 Å². The van der Waals surface area contributed by atoms with Gasteiger partial charge >= 0.3 is 0 Å². The van der Waals surface area contributed by atoms with E-state index in [0.29, 0.717) is 12.0 Å². The summed E-state index contributed by atoms with van der Waals surface area (Å²) in [5, 5.41) is 7.68. The zero-order valence-corrected chi connectivity index (χ0v) is 18.6. The van der Waals surface area contributed by atoms with Gasteiger partial charge in [-0.15, -0.1) is 24.0 Å². The quantitative estimate of drug-likeness (QED) is 0.316. The minimum Gasteiger partial charge on any atom is -0.370 e. The molecule has 0 radical (unpaired) electrons. The number of aliphatic imine (C=N–C) groups is 1. The number of ether oxygens (including phenoxy) is 1. The monoisotopic (exact) mass is 463 g/mol. The van der Waals surface area contributed by atoms with E-state index in [0.717, 1.165) is 44.1 Å². The first-order valence-corrected chi connectivity index (χ1v) is 9.02. The van der Waals surface area contributed by atoms with Gasteiger partial charge < -0.3 is 15.0 Å². The summed E-state index contributed by atoms with van der Waals surface area (Å²) in [7, 11) is 1.94. The van der Waals surface area contributed by atoms with Crippen LogP contribution in [0.4, 0.5) is 0 Å². The number of nitrogens with one attached hydrogen (secondary N) is 1. The van der Waals surface area contributed by atoms with Crippen molar-refractivity contribution in [3.05, 3.63) is 18.0 Å². The molecule has 0 aromatic carbocycles. The molecule has 144 valence electrons. The molecular formula is C18H34IN5O. The highest BCUT2D eigenvalue weighted by Crippen LogP contribution is 2.22. The average molecular weight is 463 g/mol. The molecule has 1 saturated heterocycles. The fraction of sp³-hybridized carbons (Fsp3) is 0.778. The molecule has 2 heterocycles. The average Bonchev–Trinajstić information content (AvgIpc) is 2.96. The van der Waals surface area contributed by atoms with Crippen LogP contribution in [0, 0.1) is 5.41 Å². The van der Waals surface area contributed by atoms with Crippen molar-refractivity contribution in [1.29, 1.82) is 0 Å². The lowest BCUT2D eigenvalue weighted by molar-refractivity contribution is -0.00804. The highest BCUT2D eigenvalue weighted by Gasteiger charge is 2.25. The fourth-order valence-electron chi connectivity index (χ4n) is 2.87. The highest BCUT2D eigenvalue weighted by atomic mass is 127. The van der Waals surface area contributed by atoms with Crippen molar-refractivity contribution in [2.75, 3.05) is 32.8 Å². The Bertz CT molecular complexity index is 538. The van der Waals surface area contributed by atoms with Crippen molar-refractivity contribution < 1.29 is 4.74 Å². The minimum absolute atomic E-state index is 0. The molecule has 1 aliphatic heterocycles. The summed E-state index contributed by atoms with van der Waals surface area (Å²) in [6.07, 6.45) is 6.29. The molecule has 25 heavy (non-hydrogen) atoms. The largest absolute Gasteiger partial charge is 0.370 e. The number of rotatable bonds is 5. The summed E-state index contributed by atoms with van der Waals surface area (Å²) in [6.45, 7) is 13.1. The molecule has 0 saturated carbocycles. The molecule has 0 amide bonds. The van der Waals surface area contributed by atoms with E-state index in [1.54, 1.807) is 0 Å². The molecule has 0 aliphatic carbocycles. The zero-order valence-electron chi connectivity index (χ0n) is 16.3. The van der Waals surface area contributed by atoms with Crippen molar-refractivity contribution in [3.8, 4) is 0 Å². The molecule has 7 heteroatoms. The Morgan fingerprint density at radius 2 is 2.20 bits per heavy atom. The van der Waals surface area contributed by atoms with Gasteiger partial charge in [-0.25, -0.2) is 0 Å².